The molecule has 0 saturated heterocycles. The summed E-state index contributed by atoms with van der Waals surface area (Å²) in [5.74, 6) is 7.73. The third kappa shape index (κ3) is 3.65. The maximum Gasteiger partial charge on any atom is 0.161 e. The van der Waals surface area contributed by atoms with Crippen molar-refractivity contribution in [1.82, 2.24) is 5.32 Å². The first-order chi connectivity index (χ1) is 9.35. The first-order valence-corrected chi connectivity index (χ1v) is 6.86. The summed E-state index contributed by atoms with van der Waals surface area (Å²) in [7, 11) is 0. The molecule has 3 heteroatoms. The molecule has 0 fully saturated rings. The number of benzene rings is 1. The Morgan fingerprint density at radius 2 is 2.16 bits per heavy atom. The summed E-state index contributed by atoms with van der Waals surface area (Å²) >= 11 is 0. The van der Waals surface area contributed by atoms with Crippen LogP contribution in [-0.4, -0.2) is 25.3 Å². The standard InChI is InChI=1S/C16H21NO2/c1-3-5-8-13(17-11-4-2)16-12-18-14-9-6-7-10-15(14)19-16/h6-7,9-10,13,16-17H,4,8,11-12H2,1-2H3. The van der Waals surface area contributed by atoms with Crippen LogP contribution in [0.3, 0.4) is 0 Å². The molecule has 1 aromatic rings. The van der Waals surface area contributed by atoms with E-state index >= 15 is 0 Å². The summed E-state index contributed by atoms with van der Waals surface area (Å²) in [6.45, 7) is 5.56. The molecule has 2 atom stereocenters. The number of nitrogens with one attached hydrogen (secondary N) is 1. The monoisotopic (exact) mass is 259 g/mol. The number of ether oxygens (including phenoxy) is 2. The summed E-state index contributed by atoms with van der Waals surface area (Å²) in [5.41, 5.74) is 0. The van der Waals surface area contributed by atoms with Crippen molar-refractivity contribution in [2.75, 3.05) is 13.2 Å². The maximum absolute atomic E-state index is 6.03. The van der Waals surface area contributed by atoms with Gasteiger partial charge >= 0.3 is 0 Å². The SMILES string of the molecule is CC#CCC(NCCC)C1COc2ccccc2O1. The van der Waals surface area contributed by atoms with Crippen molar-refractivity contribution in [3.63, 3.8) is 0 Å². The van der Waals surface area contributed by atoms with Gasteiger partial charge in [-0.15, -0.1) is 11.8 Å². The van der Waals surface area contributed by atoms with Crippen molar-refractivity contribution >= 4 is 0 Å². The summed E-state index contributed by atoms with van der Waals surface area (Å²) in [6, 6.07) is 8.01. The normalized spacial score (nSPS) is 18.3. The van der Waals surface area contributed by atoms with E-state index < -0.39 is 0 Å². The second-order valence-corrected chi connectivity index (χ2v) is 4.61. The molecule has 1 aliphatic rings. The average Bonchev–Trinajstić information content (AvgIpc) is 2.47. The lowest BCUT2D eigenvalue weighted by molar-refractivity contribution is 0.0632. The minimum atomic E-state index is 0.0160. The van der Waals surface area contributed by atoms with Gasteiger partial charge in [0.2, 0.25) is 0 Å². The zero-order valence-electron chi connectivity index (χ0n) is 11.6. The van der Waals surface area contributed by atoms with Crippen LogP contribution >= 0.6 is 0 Å². The lowest BCUT2D eigenvalue weighted by Gasteiger charge is -2.32. The lowest BCUT2D eigenvalue weighted by atomic mass is 10.1. The Hall–Kier alpha value is -1.66. The molecule has 2 rings (SSSR count). The van der Waals surface area contributed by atoms with Gasteiger partial charge in [0.15, 0.2) is 11.5 Å². The molecule has 1 aliphatic heterocycles. The Balaban J connectivity index is 2.03. The van der Waals surface area contributed by atoms with Crippen molar-refractivity contribution in [3.8, 4) is 23.3 Å². The van der Waals surface area contributed by atoms with Crippen LogP contribution in [0.25, 0.3) is 0 Å². The minimum absolute atomic E-state index is 0.0160. The molecular weight excluding hydrogens is 238 g/mol. The van der Waals surface area contributed by atoms with Gasteiger partial charge in [0.25, 0.3) is 0 Å². The molecular formula is C16H21NO2. The van der Waals surface area contributed by atoms with Gasteiger partial charge in [-0.2, -0.15) is 0 Å². The van der Waals surface area contributed by atoms with Crippen molar-refractivity contribution in [2.24, 2.45) is 0 Å². The quantitative estimate of drug-likeness (QED) is 0.825. The molecule has 1 heterocycles. The van der Waals surface area contributed by atoms with E-state index in [0.717, 1.165) is 30.9 Å². The van der Waals surface area contributed by atoms with Gasteiger partial charge in [-0.25, -0.2) is 0 Å². The molecule has 102 valence electrons. The van der Waals surface area contributed by atoms with E-state index in [0.29, 0.717) is 6.61 Å². The maximum atomic E-state index is 6.03. The van der Waals surface area contributed by atoms with Crippen LogP contribution in [0.15, 0.2) is 24.3 Å². The average molecular weight is 259 g/mol. The number of hydrogen-bond donors (Lipinski definition) is 1. The van der Waals surface area contributed by atoms with Crippen molar-refractivity contribution in [3.05, 3.63) is 24.3 Å². The highest BCUT2D eigenvalue weighted by molar-refractivity contribution is 5.40. The van der Waals surface area contributed by atoms with Gasteiger partial charge in [0, 0.05) is 6.42 Å². The second-order valence-electron chi connectivity index (χ2n) is 4.61. The van der Waals surface area contributed by atoms with Gasteiger partial charge in [-0.3, -0.25) is 0 Å². The molecule has 1 aromatic carbocycles. The van der Waals surface area contributed by atoms with Gasteiger partial charge < -0.3 is 14.8 Å². The fraction of sp³-hybridized carbons (Fsp3) is 0.500. The van der Waals surface area contributed by atoms with Crippen LogP contribution in [0.5, 0.6) is 11.5 Å². The highest BCUT2D eigenvalue weighted by atomic mass is 16.6. The molecule has 1 N–H and O–H groups in total. The predicted octanol–water partition coefficient (Wildman–Crippen LogP) is 2.61. The molecule has 0 aromatic heterocycles. The fourth-order valence-electron chi connectivity index (χ4n) is 2.11. The van der Waals surface area contributed by atoms with Crippen LogP contribution in [0.1, 0.15) is 26.7 Å². The van der Waals surface area contributed by atoms with Crippen LogP contribution in [-0.2, 0) is 0 Å². The van der Waals surface area contributed by atoms with Crippen molar-refractivity contribution < 1.29 is 9.47 Å². The first-order valence-electron chi connectivity index (χ1n) is 6.86. The molecule has 0 radical (unpaired) electrons. The van der Waals surface area contributed by atoms with E-state index in [1.807, 2.05) is 31.2 Å². The van der Waals surface area contributed by atoms with E-state index in [1.54, 1.807) is 0 Å². The molecule has 19 heavy (non-hydrogen) atoms. The predicted molar refractivity (Wildman–Crippen MR) is 76.5 cm³/mol. The lowest BCUT2D eigenvalue weighted by Crippen LogP contribution is -2.47. The smallest absolute Gasteiger partial charge is 0.161 e. The van der Waals surface area contributed by atoms with Gasteiger partial charge in [0.05, 0.1) is 6.04 Å². The van der Waals surface area contributed by atoms with E-state index in [2.05, 4.69) is 24.1 Å². The van der Waals surface area contributed by atoms with E-state index in [9.17, 15) is 0 Å². The third-order valence-corrected chi connectivity index (χ3v) is 3.13. The fourth-order valence-corrected chi connectivity index (χ4v) is 2.11. The Labute approximate surface area is 115 Å². The second kappa shape index (κ2) is 7.06. The van der Waals surface area contributed by atoms with Crippen LogP contribution in [0, 0.1) is 11.8 Å². The number of para-hydroxylation sites is 2. The highest BCUT2D eigenvalue weighted by Gasteiger charge is 2.27. The highest BCUT2D eigenvalue weighted by Crippen LogP contribution is 2.31. The number of hydrogen-bond acceptors (Lipinski definition) is 3. The Kier molecular flexibility index (Phi) is 5.11. The Morgan fingerprint density at radius 1 is 1.37 bits per heavy atom. The third-order valence-electron chi connectivity index (χ3n) is 3.13. The van der Waals surface area contributed by atoms with Crippen molar-refractivity contribution in [1.29, 1.82) is 0 Å². The van der Waals surface area contributed by atoms with Crippen LogP contribution in [0.4, 0.5) is 0 Å². The van der Waals surface area contributed by atoms with Crippen LogP contribution in [0.2, 0.25) is 0 Å². The molecule has 0 spiro atoms. The van der Waals surface area contributed by atoms with Crippen LogP contribution < -0.4 is 14.8 Å². The largest absolute Gasteiger partial charge is 0.486 e. The first kappa shape index (κ1) is 13.8. The molecule has 0 bridgehead atoms. The molecule has 3 nitrogen and oxygen atoms in total. The molecule has 0 saturated carbocycles. The van der Waals surface area contributed by atoms with Gasteiger partial charge in [-0.05, 0) is 32.0 Å². The Morgan fingerprint density at radius 3 is 2.89 bits per heavy atom. The van der Waals surface area contributed by atoms with Gasteiger partial charge in [0.1, 0.15) is 12.7 Å². The van der Waals surface area contributed by atoms with E-state index in [1.165, 1.54) is 0 Å². The Bertz CT molecular complexity index is 461. The molecule has 2 unspecified atom stereocenters. The zero-order valence-corrected chi connectivity index (χ0v) is 11.6. The summed E-state index contributed by atoms with van der Waals surface area (Å²) in [6.07, 6.45) is 1.90. The zero-order chi connectivity index (χ0) is 13.5. The number of fused-ring (bicyclic) bond motifs is 1. The summed E-state index contributed by atoms with van der Waals surface area (Å²) < 4.78 is 11.8. The molecule has 0 amide bonds. The van der Waals surface area contributed by atoms with Gasteiger partial charge in [-0.1, -0.05) is 19.1 Å². The van der Waals surface area contributed by atoms with Crippen molar-refractivity contribution in [2.45, 2.75) is 38.8 Å². The number of rotatable bonds is 5. The van der Waals surface area contributed by atoms with E-state index in [-0.39, 0.29) is 12.1 Å². The minimum Gasteiger partial charge on any atom is -0.486 e. The van der Waals surface area contributed by atoms with E-state index in [4.69, 9.17) is 9.47 Å². The topological polar surface area (TPSA) is 30.5 Å². The molecule has 0 aliphatic carbocycles. The summed E-state index contributed by atoms with van der Waals surface area (Å²) in [4.78, 5) is 0. The summed E-state index contributed by atoms with van der Waals surface area (Å²) in [5, 5.41) is 3.50.